The van der Waals surface area contributed by atoms with Gasteiger partial charge in [-0.1, -0.05) is 55.3 Å². The summed E-state index contributed by atoms with van der Waals surface area (Å²) < 4.78 is 19.9. The van der Waals surface area contributed by atoms with E-state index in [1.54, 1.807) is 0 Å². The van der Waals surface area contributed by atoms with Crippen LogP contribution in [-0.4, -0.2) is 64.9 Å². The average Bonchev–Trinajstić information content (AvgIpc) is 3.52. The van der Waals surface area contributed by atoms with Crippen molar-refractivity contribution >= 4 is 11.6 Å². The van der Waals surface area contributed by atoms with Crippen LogP contribution in [0.15, 0.2) is 54.6 Å². The first-order chi connectivity index (χ1) is 18.0. The number of aryl methyl sites for hydroxylation is 1. The fourth-order valence-electron chi connectivity index (χ4n) is 4.52. The maximum Gasteiger partial charge on any atom is 0.227 e. The van der Waals surface area contributed by atoms with Crippen molar-refractivity contribution in [3.8, 4) is 17.3 Å². The summed E-state index contributed by atoms with van der Waals surface area (Å²) in [7, 11) is 0. The number of aromatic nitrogens is 2. The van der Waals surface area contributed by atoms with Crippen LogP contribution in [0.1, 0.15) is 43.9 Å². The third-order valence-electron chi connectivity index (χ3n) is 6.47. The average molecular weight is 528 g/mol. The lowest BCUT2D eigenvalue weighted by molar-refractivity contribution is 0.00137. The van der Waals surface area contributed by atoms with Crippen molar-refractivity contribution in [3.63, 3.8) is 0 Å². The molecule has 2 atom stereocenters. The van der Waals surface area contributed by atoms with E-state index in [0.717, 1.165) is 49.2 Å². The highest BCUT2D eigenvalue weighted by Crippen LogP contribution is 2.35. The lowest BCUT2D eigenvalue weighted by atomic mass is 10.1. The Morgan fingerprint density at radius 3 is 2.70 bits per heavy atom. The van der Waals surface area contributed by atoms with Gasteiger partial charge in [-0.05, 0) is 50.5 Å². The van der Waals surface area contributed by atoms with Crippen LogP contribution in [0.3, 0.4) is 0 Å². The highest BCUT2D eigenvalue weighted by molar-refractivity contribution is 6.32. The minimum Gasteiger partial charge on any atom is -0.437 e. The predicted octanol–water partition coefficient (Wildman–Crippen LogP) is 5.79. The van der Waals surface area contributed by atoms with Crippen LogP contribution >= 0.6 is 11.6 Å². The second-order valence-corrected chi connectivity index (χ2v) is 9.97. The largest absolute Gasteiger partial charge is 0.437 e. The molecular formula is C29H38ClN3O4. The molecule has 1 N–H and O–H groups in total. The second kappa shape index (κ2) is 13.9. The molecule has 7 nitrogen and oxygen atoms in total. The van der Waals surface area contributed by atoms with E-state index in [9.17, 15) is 5.11 Å². The van der Waals surface area contributed by atoms with Crippen molar-refractivity contribution in [1.82, 2.24) is 14.7 Å². The summed E-state index contributed by atoms with van der Waals surface area (Å²) in [5.74, 6) is 1.18. The molecule has 200 valence electrons. The molecule has 3 aromatic rings. The van der Waals surface area contributed by atoms with Crippen LogP contribution in [-0.2, 0) is 16.0 Å². The maximum atomic E-state index is 10.8. The highest BCUT2D eigenvalue weighted by Gasteiger charge is 2.26. The fraction of sp³-hybridized carbons (Fsp3) is 0.483. The van der Waals surface area contributed by atoms with Gasteiger partial charge in [0.25, 0.3) is 0 Å². The number of unbranched alkanes of at least 4 members (excludes halogenated alkanes) is 1. The Hall–Kier alpha value is -2.42. The van der Waals surface area contributed by atoms with E-state index < -0.39 is 6.10 Å². The van der Waals surface area contributed by atoms with E-state index in [2.05, 4.69) is 11.8 Å². The van der Waals surface area contributed by atoms with Gasteiger partial charge in [0.1, 0.15) is 5.75 Å². The van der Waals surface area contributed by atoms with Crippen LogP contribution in [0, 0.1) is 6.92 Å². The Bertz CT molecular complexity index is 1100. The van der Waals surface area contributed by atoms with E-state index in [-0.39, 0.29) is 6.10 Å². The number of aliphatic hydroxyl groups excluding tert-OH is 1. The van der Waals surface area contributed by atoms with Gasteiger partial charge in [-0.15, -0.1) is 0 Å². The van der Waals surface area contributed by atoms with Crippen LogP contribution in [0.4, 0.5) is 0 Å². The molecule has 2 heterocycles. The Balaban J connectivity index is 1.61. The van der Waals surface area contributed by atoms with E-state index in [1.807, 2.05) is 66.2 Å². The number of ether oxygens (including phenoxy) is 3. The Morgan fingerprint density at radius 2 is 1.97 bits per heavy atom. The minimum atomic E-state index is -0.601. The Labute approximate surface area is 224 Å². The molecule has 0 amide bonds. The molecule has 0 spiro atoms. The van der Waals surface area contributed by atoms with Crippen molar-refractivity contribution in [3.05, 3.63) is 70.9 Å². The molecule has 1 saturated heterocycles. The summed E-state index contributed by atoms with van der Waals surface area (Å²) in [5.41, 5.74) is 2.70. The predicted molar refractivity (Wildman–Crippen MR) is 146 cm³/mol. The Morgan fingerprint density at radius 1 is 1.19 bits per heavy atom. The molecule has 0 radical (unpaired) electrons. The van der Waals surface area contributed by atoms with E-state index in [0.29, 0.717) is 49.5 Å². The van der Waals surface area contributed by atoms with Gasteiger partial charge in [0.05, 0.1) is 40.8 Å². The minimum absolute atomic E-state index is 0.144. The Kier molecular flexibility index (Phi) is 10.4. The van der Waals surface area contributed by atoms with Gasteiger partial charge in [-0.25, -0.2) is 4.68 Å². The smallest absolute Gasteiger partial charge is 0.227 e. The van der Waals surface area contributed by atoms with Gasteiger partial charge >= 0.3 is 0 Å². The molecule has 0 aliphatic carbocycles. The van der Waals surface area contributed by atoms with Crippen LogP contribution in [0.2, 0.25) is 5.02 Å². The van der Waals surface area contributed by atoms with Gasteiger partial charge in [-0.3, -0.25) is 4.90 Å². The molecule has 2 aromatic carbocycles. The first-order valence-electron chi connectivity index (χ1n) is 13.2. The van der Waals surface area contributed by atoms with Gasteiger partial charge in [0, 0.05) is 32.8 Å². The number of para-hydroxylation sites is 2. The SMILES string of the molecule is CCCCOCC(O)CN(Cc1c(C)nn(-c2ccccc2)c1Oc1ccccc1Cl)CC1CCCO1. The summed E-state index contributed by atoms with van der Waals surface area (Å²) >= 11 is 6.46. The van der Waals surface area contributed by atoms with E-state index in [4.69, 9.17) is 30.9 Å². The van der Waals surface area contributed by atoms with Crippen molar-refractivity contribution in [1.29, 1.82) is 0 Å². The van der Waals surface area contributed by atoms with Gasteiger partial charge in [-0.2, -0.15) is 5.10 Å². The number of hydrogen-bond acceptors (Lipinski definition) is 6. The molecule has 1 aromatic heterocycles. The van der Waals surface area contributed by atoms with Gasteiger partial charge in [0.2, 0.25) is 5.88 Å². The third-order valence-corrected chi connectivity index (χ3v) is 6.78. The highest BCUT2D eigenvalue weighted by atomic mass is 35.5. The lowest BCUT2D eigenvalue weighted by Gasteiger charge is -2.27. The molecule has 4 rings (SSSR count). The summed E-state index contributed by atoms with van der Waals surface area (Å²) in [4.78, 5) is 2.22. The summed E-state index contributed by atoms with van der Waals surface area (Å²) in [6, 6.07) is 17.4. The molecule has 1 aliphatic heterocycles. The van der Waals surface area contributed by atoms with Crippen molar-refractivity contribution < 1.29 is 19.3 Å². The molecule has 1 fully saturated rings. The molecule has 0 saturated carbocycles. The quantitative estimate of drug-likeness (QED) is 0.268. The zero-order chi connectivity index (χ0) is 26.0. The molecular weight excluding hydrogens is 490 g/mol. The molecule has 2 unspecified atom stereocenters. The third kappa shape index (κ3) is 7.79. The summed E-state index contributed by atoms with van der Waals surface area (Å²) in [6.07, 6.45) is 3.69. The standard InChI is InChI=1S/C29H38ClN3O4/c1-3-4-16-35-21-24(34)18-32(19-25-13-10-17-36-25)20-26-22(2)31-33(23-11-6-5-7-12-23)29(26)37-28-15-9-8-14-27(28)30/h5-9,11-12,14-15,24-25,34H,3-4,10,13,16-21H2,1-2H3. The van der Waals surface area contributed by atoms with Crippen LogP contribution in [0.5, 0.6) is 11.6 Å². The topological polar surface area (TPSA) is 69.0 Å². The number of benzene rings is 2. The molecule has 0 bridgehead atoms. The second-order valence-electron chi connectivity index (χ2n) is 9.56. The number of aliphatic hydroxyl groups is 1. The number of halogens is 1. The van der Waals surface area contributed by atoms with Gasteiger partial charge in [0.15, 0.2) is 0 Å². The first kappa shape index (κ1) is 27.6. The van der Waals surface area contributed by atoms with Crippen molar-refractivity contribution in [2.24, 2.45) is 0 Å². The van der Waals surface area contributed by atoms with Gasteiger partial charge < -0.3 is 19.3 Å². The van der Waals surface area contributed by atoms with Crippen molar-refractivity contribution in [2.75, 3.05) is 32.9 Å². The van der Waals surface area contributed by atoms with Crippen LogP contribution < -0.4 is 4.74 Å². The molecule has 1 aliphatic rings. The summed E-state index contributed by atoms with van der Waals surface area (Å²) in [6.45, 7) is 7.61. The number of rotatable bonds is 14. The zero-order valence-electron chi connectivity index (χ0n) is 21.8. The van der Waals surface area contributed by atoms with Crippen LogP contribution in [0.25, 0.3) is 5.69 Å². The molecule has 37 heavy (non-hydrogen) atoms. The lowest BCUT2D eigenvalue weighted by Crippen LogP contribution is -2.39. The zero-order valence-corrected chi connectivity index (χ0v) is 22.6. The van der Waals surface area contributed by atoms with E-state index in [1.165, 1.54) is 0 Å². The normalized spacial score (nSPS) is 16.4. The van der Waals surface area contributed by atoms with Crippen molar-refractivity contribution in [2.45, 2.75) is 58.3 Å². The molecule has 8 heteroatoms. The van der Waals surface area contributed by atoms with E-state index >= 15 is 0 Å². The fourth-order valence-corrected chi connectivity index (χ4v) is 4.70. The monoisotopic (exact) mass is 527 g/mol. The maximum absolute atomic E-state index is 10.8. The number of nitrogens with zero attached hydrogens (tertiary/aromatic N) is 3. The first-order valence-corrected chi connectivity index (χ1v) is 13.6. The summed E-state index contributed by atoms with van der Waals surface area (Å²) in [5, 5.41) is 16.2. The number of hydrogen-bond donors (Lipinski definition) is 1.